The molecule has 2 aliphatic heterocycles. The van der Waals surface area contributed by atoms with Crippen molar-refractivity contribution in [1.82, 2.24) is 9.97 Å². The quantitative estimate of drug-likeness (QED) is 0.871. The predicted molar refractivity (Wildman–Crippen MR) is 71.3 cm³/mol. The van der Waals surface area contributed by atoms with Crippen LogP contribution in [0.2, 0.25) is 0 Å². The van der Waals surface area contributed by atoms with Crippen LogP contribution < -0.4 is 10.2 Å². The number of Topliss-reactive ketones (excluding diaryl/α,β-unsaturated/α-hetero) is 1. The molecule has 0 saturated carbocycles. The van der Waals surface area contributed by atoms with Crippen molar-refractivity contribution in [1.29, 1.82) is 0 Å². The molecule has 3 rings (SSSR count). The molecule has 1 N–H and O–H groups in total. The number of aromatic nitrogens is 2. The van der Waals surface area contributed by atoms with Gasteiger partial charge in [-0.25, -0.2) is 9.97 Å². The van der Waals surface area contributed by atoms with Gasteiger partial charge in [-0.1, -0.05) is 0 Å². The summed E-state index contributed by atoms with van der Waals surface area (Å²) < 4.78 is 5.34. The monoisotopic (exact) mass is 262 g/mol. The number of hydrogen-bond donors (Lipinski definition) is 1. The van der Waals surface area contributed by atoms with Gasteiger partial charge < -0.3 is 15.0 Å². The van der Waals surface area contributed by atoms with Gasteiger partial charge in [0.25, 0.3) is 0 Å². The minimum absolute atomic E-state index is 0.276. The van der Waals surface area contributed by atoms with Crippen molar-refractivity contribution in [3.05, 3.63) is 12.4 Å². The maximum absolute atomic E-state index is 11.3. The van der Waals surface area contributed by atoms with Gasteiger partial charge in [0, 0.05) is 38.3 Å². The van der Waals surface area contributed by atoms with Crippen molar-refractivity contribution in [3.8, 4) is 0 Å². The number of nitrogens with zero attached hydrogens (tertiary/aromatic N) is 3. The molecule has 19 heavy (non-hydrogen) atoms. The van der Waals surface area contributed by atoms with E-state index in [-0.39, 0.29) is 5.78 Å². The molecule has 1 aromatic heterocycles. The second kappa shape index (κ2) is 5.52. The Bertz CT molecular complexity index is 460. The Labute approximate surface area is 112 Å². The van der Waals surface area contributed by atoms with Crippen LogP contribution >= 0.6 is 0 Å². The fourth-order valence-corrected chi connectivity index (χ4v) is 2.48. The number of anilines is 2. The Morgan fingerprint density at radius 3 is 2.89 bits per heavy atom. The van der Waals surface area contributed by atoms with E-state index in [0.717, 1.165) is 44.2 Å². The topological polar surface area (TPSA) is 67.4 Å². The molecule has 0 atom stereocenters. The van der Waals surface area contributed by atoms with Crippen LogP contribution in [0, 0.1) is 0 Å². The van der Waals surface area contributed by atoms with E-state index >= 15 is 0 Å². The molecule has 2 saturated heterocycles. The zero-order valence-electron chi connectivity index (χ0n) is 10.8. The van der Waals surface area contributed by atoms with Gasteiger partial charge >= 0.3 is 0 Å². The van der Waals surface area contributed by atoms with Crippen molar-refractivity contribution >= 4 is 17.4 Å². The standard InChI is InChI=1S/C13H18N4O2/c18-11-1-4-17(8-11)13-7-12(14-9-15-13)16-10-2-5-19-6-3-10/h7,9-10H,1-6,8H2,(H,14,15,16). The second-order valence-electron chi connectivity index (χ2n) is 5.00. The highest BCUT2D eigenvalue weighted by atomic mass is 16.5. The summed E-state index contributed by atoms with van der Waals surface area (Å²) in [6.45, 7) is 2.83. The Morgan fingerprint density at radius 2 is 2.16 bits per heavy atom. The molecule has 1 aromatic rings. The van der Waals surface area contributed by atoms with E-state index in [1.54, 1.807) is 6.33 Å². The molecule has 0 amide bonds. The van der Waals surface area contributed by atoms with Crippen LogP contribution in [0.25, 0.3) is 0 Å². The van der Waals surface area contributed by atoms with Crippen LogP contribution in [-0.4, -0.2) is 48.1 Å². The van der Waals surface area contributed by atoms with E-state index in [2.05, 4.69) is 15.3 Å². The Balaban J connectivity index is 1.67. The number of ether oxygens (including phenoxy) is 1. The van der Waals surface area contributed by atoms with Gasteiger partial charge in [-0.15, -0.1) is 0 Å². The van der Waals surface area contributed by atoms with E-state index < -0.39 is 0 Å². The first-order valence-electron chi connectivity index (χ1n) is 6.74. The summed E-state index contributed by atoms with van der Waals surface area (Å²) in [5, 5.41) is 3.41. The normalized spacial score (nSPS) is 20.8. The lowest BCUT2D eigenvalue weighted by molar-refractivity contribution is -0.116. The Kier molecular flexibility index (Phi) is 3.59. The molecular formula is C13H18N4O2. The fraction of sp³-hybridized carbons (Fsp3) is 0.615. The first-order chi connectivity index (χ1) is 9.31. The molecule has 0 spiro atoms. The number of carbonyl (C=O) groups excluding carboxylic acids is 1. The lowest BCUT2D eigenvalue weighted by Gasteiger charge is -2.24. The second-order valence-corrected chi connectivity index (χ2v) is 5.00. The minimum atomic E-state index is 0.276. The van der Waals surface area contributed by atoms with Crippen LogP contribution in [0.4, 0.5) is 11.6 Å². The molecule has 6 nitrogen and oxygen atoms in total. The lowest BCUT2D eigenvalue weighted by atomic mass is 10.1. The lowest BCUT2D eigenvalue weighted by Crippen LogP contribution is -2.28. The van der Waals surface area contributed by atoms with Crippen LogP contribution in [0.15, 0.2) is 12.4 Å². The predicted octanol–water partition coefficient (Wildman–Crippen LogP) is 0.847. The summed E-state index contributed by atoms with van der Waals surface area (Å²) in [7, 11) is 0. The first-order valence-corrected chi connectivity index (χ1v) is 6.74. The number of rotatable bonds is 3. The average Bonchev–Trinajstić information content (AvgIpc) is 2.87. The number of nitrogens with one attached hydrogen (secondary N) is 1. The number of carbonyl (C=O) groups is 1. The van der Waals surface area contributed by atoms with Crippen molar-refractivity contribution in [2.75, 3.05) is 36.5 Å². The Hall–Kier alpha value is -1.69. The van der Waals surface area contributed by atoms with Crippen LogP contribution in [0.1, 0.15) is 19.3 Å². The highest BCUT2D eigenvalue weighted by Gasteiger charge is 2.21. The van der Waals surface area contributed by atoms with Crippen LogP contribution in [0.5, 0.6) is 0 Å². The number of hydrogen-bond acceptors (Lipinski definition) is 6. The van der Waals surface area contributed by atoms with Gasteiger partial charge in [-0.2, -0.15) is 0 Å². The van der Waals surface area contributed by atoms with Gasteiger partial charge in [0.15, 0.2) is 5.78 Å². The summed E-state index contributed by atoms with van der Waals surface area (Å²) in [5.74, 6) is 1.93. The van der Waals surface area contributed by atoms with Crippen LogP contribution in [-0.2, 0) is 9.53 Å². The van der Waals surface area contributed by atoms with Gasteiger partial charge in [0.1, 0.15) is 18.0 Å². The Morgan fingerprint density at radius 1 is 1.32 bits per heavy atom. The molecule has 0 bridgehead atoms. The molecular weight excluding hydrogens is 244 g/mol. The summed E-state index contributed by atoms with van der Waals surface area (Å²) >= 11 is 0. The first kappa shape index (κ1) is 12.3. The van der Waals surface area contributed by atoms with E-state index in [1.165, 1.54) is 0 Å². The SMILES string of the molecule is O=C1CCN(c2cc(NC3CCOCC3)ncn2)C1. The van der Waals surface area contributed by atoms with E-state index in [0.29, 0.717) is 19.0 Å². The molecule has 2 aliphatic rings. The molecule has 0 radical (unpaired) electrons. The van der Waals surface area contributed by atoms with E-state index in [4.69, 9.17) is 4.74 Å². The largest absolute Gasteiger partial charge is 0.381 e. The summed E-state index contributed by atoms with van der Waals surface area (Å²) in [6, 6.07) is 2.34. The van der Waals surface area contributed by atoms with Crippen LogP contribution in [0.3, 0.4) is 0 Å². The van der Waals surface area contributed by atoms with Gasteiger partial charge in [-0.3, -0.25) is 4.79 Å². The highest BCUT2D eigenvalue weighted by Crippen LogP contribution is 2.19. The third-order valence-corrected chi connectivity index (χ3v) is 3.58. The molecule has 6 heteroatoms. The molecule has 2 fully saturated rings. The average molecular weight is 262 g/mol. The summed E-state index contributed by atoms with van der Waals surface area (Å²) in [4.78, 5) is 21.8. The summed E-state index contributed by atoms with van der Waals surface area (Å²) in [5.41, 5.74) is 0. The third kappa shape index (κ3) is 3.01. The number of ketones is 1. The third-order valence-electron chi connectivity index (χ3n) is 3.58. The molecule has 0 aromatic carbocycles. The zero-order chi connectivity index (χ0) is 13.1. The summed E-state index contributed by atoms with van der Waals surface area (Å²) in [6.07, 6.45) is 4.18. The molecule has 102 valence electrons. The molecule has 0 aliphatic carbocycles. The van der Waals surface area contributed by atoms with Gasteiger partial charge in [0.05, 0.1) is 6.54 Å². The fourth-order valence-electron chi connectivity index (χ4n) is 2.48. The van der Waals surface area contributed by atoms with Gasteiger partial charge in [-0.05, 0) is 12.8 Å². The van der Waals surface area contributed by atoms with E-state index in [1.807, 2.05) is 11.0 Å². The van der Waals surface area contributed by atoms with Gasteiger partial charge in [0.2, 0.25) is 0 Å². The van der Waals surface area contributed by atoms with Crippen molar-refractivity contribution in [3.63, 3.8) is 0 Å². The maximum Gasteiger partial charge on any atom is 0.153 e. The smallest absolute Gasteiger partial charge is 0.153 e. The van der Waals surface area contributed by atoms with E-state index in [9.17, 15) is 4.79 Å². The van der Waals surface area contributed by atoms with Crippen molar-refractivity contribution < 1.29 is 9.53 Å². The minimum Gasteiger partial charge on any atom is -0.381 e. The maximum atomic E-state index is 11.3. The zero-order valence-corrected chi connectivity index (χ0v) is 10.8. The molecule has 0 unspecified atom stereocenters. The molecule has 3 heterocycles. The van der Waals surface area contributed by atoms with Crippen molar-refractivity contribution in [2.24, 2.45) is 0 Å². The highest BCUT2D eigenvalue weighted by molar-refractivity contribution is 5.86. The van der Waals surface area contributed by atoms with Crippen molar-refractivity contribution in [2.45, 2.75) is 25.3 Å².